The van der Waals surface area contributed by atoms with Crippen LogP contribution in [0.25, 0.3) is 0 Å². The zero-order chi connectivity index (χ0) is 13.7. The second-order valence-electron chi connectivity index (χ2n) is 4.26. The molecule has 0 aliphatic carbocycles. The molecule has 96 valence electrons. The van der Waals surface area contributed by atoms with E-state index in [1.54, 1.807) is 18.0 Å². The number of nitrogens with one attached hydrogen (secondary N) is 1. The molecule has 18 heavy (non-hydrogen) atoms. The van der Waals surface area contributed by atoms with Crippen molar-refractivity contribution in [3.63, 3.8) is 0 Å². The molecule has 0 fully saturated rings. The Morgan fingerprint density at radius 1 is 1.56 bits per heavy atom. The summed E-state index contributed by atoms with van der Waals surface area (Å²) in [6.07, 6.45) is 0. The lowest BCUT2D eigenvalue weighted by atomic mass is 10.2. The molecule has 1 amide bonds. The zero-order valence-electron chi connectivity index (χ0n) is 10.7. The van der Waals surface area contributed by atoms with E-state index in [0.29, 0.717) is 5.69 Å². The highest BCUT2D eigenvalue weighted by Gasteiger charge is 2.11. The molecular formula is C13H16FN3O. The highest BCUT2D eigenvalue weighted by Crippen LogP contribution is 2.13. The van der Waals surface area contributed by atoms with Crippen molar-refractivity contribution >= 4 is 11.6 Å². The molecule has 1 rings (SSSR count). The maximum atomic E-state index is 13.1. The van der Waals surface area contributed by atoms with Gasteiger partial charge in [-0.2, -0.15) is 5.26 Å². The van der Waals surface area contributed by atoms with Gasteiger partial charge in [-0.15, -0.1) is 0 Å². The van der Waals surface area contributed by atoms with E-state index in [4.69, 9.17) is 5.26 Å². The summed E-state index contributed by atoms with van der Waals surface area (Å²) < 4.78 is 13.1. The third kappa shape index (κ3) is 3.45. The Labute approximate surface area is 106 Å². The van der Waals surface area contributed by atoms with Crippen LogP contribution in [0.15, 0.2) is 18.2 Å². The molecule has 0 heterocycles. The van der Waals surface area contributed by atoms with E-state index < -0.39 is 5.82 Å². The number of anilines is 1. The molecule has 0 spiro atoms. The summed E-state index contributed by atoms with van der Waals surface area (Å²) in [5.74, 6) is -0.624. The number of amides is 1. The number of nitriles is 1. The number of benzene rings is 1. The number of carbonyl (C=O) groups excluding carboxylic acids is 1. The lowest BCUT2D eigenvalue weighted by Gasteiger charge is -2.21. The summed E-state index contributed by atoms with van der Waals surface area (Å²) in [5.41, 5.74) is 0.517. The highest BCUT2D eigenvalue weighted by molar-refractivity contribution is 5.80. The maximum Gasteiger partial charge on any atom is 0.241 e. The Morgan fingerprint density at radius 2 is 2.22 bits per heavy atom. The lowest BCUT2D eigenvalue weighted by Crippen LogP contribution is -2.37. The van der Waals surface area contributed by atoms with E-state index in [1.807, 2.05) is 13.8 Å². The predicted molar refractivity (Wildman–Crippen MR) is 67.5 cm³/mol. The molecule has 4 nitrogen and oxygen atoms in total. The smallest absolute Gasteiger partial charge is 0.241 e. The fourth-order valence-corrected chi connectivity index (χ4v) is 1.31. The summed E-state index contributed by atoms with van der Waals surface area (Å²) in [6.45, 7) is 3.96. The van der Waals surface area contributed by atoms with Crippen molar-refractivity contribution in [1.29, 1.82) is 5.26 Å². The number of nitrogens with zero attached hydrogens (tertiary/aromatic N) is 2. The van der Waals surface area contributed by atoms with Gasteiger partial charge in [0.15, 0.2) is 0 Å². The molecule has 1 N–H and O–H groups in total. The fraction of sp³-hybridized carbons (Fsp3) is 0.385. The van der Waals surface area contributed by atoms with Crippen LogP contribution in [0.1, 0.15) is 19.4 Å². The third-order valence-electron chi connectivity index (χ3n) is 2.70. The van der Waals surface area contributed by atoms with E-state index >= 15 is 0 Å². The summed E-state index contributed by atoms with van der Waals surface area (Å²) in [6, 6.07) is 5.97. The molecule has 0 saturated carbocycles. The van der Waals surface area contributed by atoms with Crippen molar-refractivity contribution < 1.29 is 9.18 Å². The largest absolute Gasteiger partial charge is 0.376 e. The highest BCUT2D eigenvalue weighted by atomic mass is 19.1. The standard InChI is InChI=1S/C13H16FN3O/c1-9(2)17(3)13(18)8-16-11-4-5-12(14)10(6-11)7-15/h4-6,9,16H,8H2,1-3H3. The van der Waals surface area contributed by atoms with Gasteiger partial charge >= 0.3 is 0 Å². The van der Waals surface area contributed by atoms with E-state index in [2.05, 4.69) is 5.32 Å². The van der Waals surface area contributed by atoms with Crippen LogP contribution in [0.3, 0.4) is 0 Å². The number of rotatable bonds is 4. The van der Waals surface area contributed by atoms with E-state index in [0.717, 1.165) is 0 Å². The van der Waals surface area contributed by atoms with Crippen molar-refractivity contribution in [3.8, 4) is 6.07 Å². The Bertz CT molecular complexity index is 480. The minimum absolute atomic E-state index is 0.0373. The Balaban J connectivity index is 2.65. The first-order chi connectivity index (χ1) is 8.45. The molecule has 0 saturated heterocycles. The van der Waals surface area contributed by atoms with Gasteiger partial charge in [-0.25, -0.2) is 4.39 Å². The van der Waals surface area contributed by atoms with E-state index in [9.17, 15) is 9.18 Å². The summed E-state index contributed by atoms with van der Waals surface area (Å²) in [7, 11) is 1.72. The molecule has 0 bridgehead atoms. The average Bonchev–Trinajstić information content (AvgIpc) is 2.36. The van der Waals surface area contributed by atoms with Crippen LogP contribution in [-0.4, -0.2) is 30.4 Å². The minimum Gasteiger partial charge on any atom is -0.376 e. The Hall–Kier alpha value is -2.09. The molecular weight excluding hydrogens is 233 g/mol. The van der Waals surface area contributed by atoms with Gasteiger partial charge in [0.25, 0.3) is 0 Å². The second kappa shape index (κ2) is 6.01. The summed E-state index contributed by atoms with van der Waals surface area (Å²) >= 11 is 0. The molecule has 0 aliphatic heterocycles. The van der Waals surface area contributed by atoms with Gasteiger partial charge in [0.1, 0.15) is 11.9 Å². The molecule has 5 heteroatoms. The minimum atomic E-state index is -0.561. The first-order valence-electron chi connectivity index (χ1n) is 5.65. The van der Waals surface area contributed by atoms with Crippen LogP contribution in [-0.2, 0) is 4.79 Å². The Kier molecular flexibility index (Phi) is 4.67. The summed E-state index contributed by atoms with van der Waals surface area (Å²) in [4.78, 5) is 13.3. The van der Waals surface area contributed by atoms with Gasteiger partial charge in [0, 0.05) is 18.8 Å². The monoisotopic (exact) mass is 249 g/mol. The second-order valence-corrected chi connectivity index (χ2v) is 4.26. The molecule has 0 radical (unpaired) electrons. The van der Waals surface area contributed by atoms with Crippen molar-refractivity contribution in [3.05, 3.63) is 29.6 Å². The SMILES string of the molecule is CC(C)N(C)C(=O)CNc1ccc(F)c(C#N)c1. The topological polar surface area (TPSA) is 56.1 Å². The van der Waals surface area contributed by atoms with Gasteiger partial charge in [-0.3, -0.25) is 4.79 Å². The molecule has 0 unspecified atom stereocenters. The first-order valence-corrected chi connectivity index (χ1v) is 5.65. The van der Waals surface area contributed by atoms with Crippen molar-refractivity contribution in [2.24, 2.45) is 0 Å². The fourth-order valence-electron chi connectivity index (χ4n) is 1.31. The number of carbonyl (C=O) groups is 1. The Morgan fingerprint density at radius 3 is 2.78 bits per heavy atom. The van der Waals surface area contributed by atoms with Crippen molar-refractivity contribution in [2.45, 2.75) is 19.9 Å². The van der Waals surface area contributed by atoms with Crippen LogP contribution < -0.4 is 5.32 Å². The number of halogens is 1. The normalized spacial score (nSPS) is 10.0. The number of hydrogen-bond acceptors (Lipinski definition) is 3. The molecule has 1 aromatic rings. The van der Waals surface area contributed by atoms with Crippen molar-refractivity contribution in [2.75, 3.05) is 18.9 Å². The average molecular weight is 249 g/mol. The van der Waals surface area contributed by atoms with Gasteiger partial charge < -0.3 is 10.2 Å². The van der Waals surface area contributed by atoms with Crippen LogP contribution >= 0.6 is 0 Å². The number of likely N-dealkylation sites (N-methyl/N-ethyl adjacent to an activating group) is 1. The zero-order valence-corrected chi connectivity index (χ0v) is 10.7. The lowest BCUT2D eigenvalue weighted by molar-refractivity contribution is -0.129. The first kappa shape index (κ1) is 14.0. The summed E-state index contributed by atoms with van der Waals surface area (Å²) in [5, 5.41) is 11.6. The number of hydrogen-bond donors (Lipinski definition) is 1. The predicted octanol–water partition coefficient (Wildman–Crippen LogP) is 1.98. The van der Waals surface area contributed by atoms with Crippen LogP contribution in [0, 0.1) is 17.1 Å². The van der Waals surface area contributed by atoms with Crippen LogP contribution in [0.5, 0.6) is 0 Å². The molecule has 1 aromatic carbocycles. The van der Waals surface area contributed by atoms with Gasteiger partial charge in [0.2, 0.25) is 5.91 Å². The third-order valence-corrected chi connectivity index (χ3v) is 2.70. The van der Waals surface area contributed by atoms with Crippen LogP contribution in [0.2, 0.25) is 0 Å². The van der Waals surface area contributed by atoms with Crippen LogP contribution in [0.4, 0.5) is 10.1 Å². The van der Waals surface area contributed by atoms with E-state index in [1.165, 1.54) is 18.2 Å². The van der Waals surface area contributed by atoms with E-state index in [-0.39, 0.29) is 24.1 Å². The molecule has 0 aliphatic rings. The van der Waals surface area contributed by atoms with Crippen molar-refractivity contribution in [1.82, 2.24) is 4.90 Å². The van der Waals surface area contributed by atoms with Gasteiger partial charge in [-0.1, -0.05) is 0 Å². The maximum absolute atomic E-state index is 13.1. The molecule has 0 aromatic heterocycles. The van der Waals surface area contributed by atoms with Gasteiger partial charge in [0.05, 0.1) is 12.1 Å². The van der Waals surface area contributed by atoms with Gasteiger partial charge in [-0.05, 0) is 32.0 Å². The quantitative estimate of drug-likeness (QED) is 0.887. The molecule has 0 atom stereocenters.